The van der Waals surface area contributed by atoms with Gasteiger partial charge in [0.25, 0.3) is 5.91 Å². The maximum Gasteiger partial charge on any atom is 0.390 e. The summed E-state index contributed by atoms with van der Waals surface area (Å²) in [7, 11) is 0. The average molecular weight is 399 g/mol. The Labute approximate surface area is 164 Å². The molecule has 0 radical (unpaired) electrons. The first-order chi connectivity index (χ1) is 13.9. The van der Waals surface area contributed by atoms with Crippen LogP contribution in [0.4, 0.5) is 5.82 Å². The normalized spacial score (nSPS) is 10.5. The number of aromatic nitrogens is 4. The van der Waals surface area contributed by atoms with Crippen LogP contribution in [-0.4, -0.2) is 49.7 Å². The van der Waals surface area contributed by atoms with Gasteiger partial charge in [0.05, 0.1) is 16.9 Å². The van der Waals surface area contributed by atoms with Gasteiger partial charge >= 0.3 is 17.6 Å². The van der Waals surface area contributed by atoms with Crippen LogP contribution in [0.25, 0.3) is 0 Å². The van der Waals surface area contributed by atoms with Crippen LogP contribution >= 0.6 is 0 Å². The molecule has 2 amide bonds. The lowest BCUT2D eigenvalue weighted by Gasteiger charge is -2.05. The molecule has 2 aromatic heterocycles. The third-order valence-electron chi connectivity index (χ3n) is 3.84. The van der Waals surface area contributed by atoms with E-state index in [2.05, 4.69) is 25.9 Å². The minimum Gasteiger partial charge on any atom is -0.358 e. The molecule has 12 heteroatoms. The predicted molar refractivity (Wildman–Crippen MR) is 98.1 cm³/mol. The van der Waals surface area contributed by atoms with E-state index in [-0.39, 0.29) is 43.1 Å². The van der Waals surface area contributed by atoms with Crippen molar-refractivity contribution < 1.29 is 19.0 Å². The van der Waals surface area contributed by atoms with Crippen LogP contribution in [0.1, 0.15) is 32.6 Å². The molecule has 2 heterocycles. The fourth-order valence-electron chi connectivity index (χ4n) is 2.41. The smallest absolute Gasteiger partial charge is 0.358 e. The van der Waals surface area contributed by atoms with Gasteiger partial charge in [-0.2, -0.15) is 9.67 Å². The van der Waals surface area contributed by atoms with Crippen LogP contribution in [0.5, 0.6) is 0 Å². The van der Waals surface area contributed by atoms with Crippen LogP contribution in [0.2, 0.25) is 0 Å². The molecule has 0 spiro atoms. The lowest BCUT2D eigenvalue weighted by molar-refractivity contribution is -0.389. The summed E-state index contributed by atoms with van der Waals surface area (Å²) >= 11 is 0. The Morgan fingerprint density at radius 3 is 2.52 bits per heavy atom. The largest absolute Gasteiger partial charge is 0.390 e. The highest BCUT2D eigenvalue weighted by Crippen LogP contribution is 2.12. The molecule has 150 valence electrons. The minimum atomic E-state index is -0.602. The van der Waals surface area contributed by atoms with Gasteiger partial charge in [-0.05, 0) is 24.0 Å². The van der Waals surface area contributed by atoms with Crippen molar-refractivity contribution in [3.05, 3.63) is 69.5 Å². The second-order valence-electron chi connectivity index (χ2n) is 5.95. The van der Waals surface area contributed by atoms with Crippen LogP contribution in [0.15, 0.2) is 40.9 Å². The second kappa shape index (κ2) is 8.73. The first kappa shape index (κ1) is 19.7. The van der Waals surface area contributed by atoms with E-state index in [1.54, 1.807) is 31.2 Å². The molecule has 3 rings (SSSR count). The number of nitrogens with zero attached hydrogens (tertiary/aromatic N) is 5. The number of carbonyl (C=O) groups excluding carboxylic acids is 2. The summed E-state index contributed by atoms with van der Waals surface area (Å²) in [6.45, 7) is 2.05. The van der Waals surface area contributed by atoms with E-state index in [1.165, 1.54) is 10.7 Å². The van der Waals surface area contributed by atoms with Crippen LogP contribution in [-0.2, 0) is 6.54 Å². The molecule has 3 aromatic rings. The molecule has 0 saturated heterocycles. The highest BCUT2D eigenvalue weighted by atomic mass is 16.6. The summed E-state index contributed by atoms with van der Waals surface area (Å²) in [6, 6.07) is 10.0. The Kier molecular flexibility index (Phi) is 5.92. The third kappa shape index (κ3) is 5.00. The van der Waals surface area contributed by atoms with E-state index < -0.39 is 10.8 Å². The molecule has 2 N–H and O–H groups in total. The van der Waals surface area contributed by atoms with Gasteiger partial charge < -0.3 is 25.3 Å². The SMILES string of the molecule is Cc1cc([N+](=O)[O-])nn1Cc1noc(C(=O)NCCNC(=O)c2ccccc2)n1. The van der Waals surface area contributed by atoms with Crippen molar-refractivity contribution in [1.82, 2.24) is 30.6 Å². The van der Waals surface area contributed by atoms with Gasteiger partial charge in [0.1, 0.15) is 6.54 Å². The van der Waals surface area contributed by atoms with E-state index in [4.69, 9.17) is 4.52 Å². The van der Waals surface area contributed by atoms with Gasteiger partial charge in [0.15, 0.2) is 5.82 Å². The van der Waals surface area contributed by atoms with Crippen molar-refractivity contribution in [3.8, 4) is 0 Å². The molecule has 0 unspecified atom stereocenters. The Bertz CT molecular complexity index is 1030. The number of hydrogen-bond acceptors (Lipinski definition) is 8. The van der Waals surface area contributed by atoms with Gasteiger partial charge in [-0.15, -0.1) is 0 Å². The second-order valence-corrected chi connectivity index (χ2v) is 5.95. The Balaban J connectivity index is 1.48. The molecule has 0 bridgehead atoms. The van der Waals surface area contributed by atoms with Gasteiger partial charge in [-0.25, -0.2) is 0 Å². The first-order valence-electron chi connectivity index (χ1n) is 8.57. The number of carbonyl (C=O) groups is 2. The Morgan fingerprint density at radius 1 is 1.17 bits per heavy atom. The molecule has 1 aromatic carbocycles. The zero-order valence-electron chi connectivity index (χ0n) is 15.4. The van der Waals surface area contributed by atoms with E-state index in [0.717, 1.165) is 0 Å². The van der Waals surface area contributed by atoms with Crippen LogP contribution < -0.4 is 10.6 Å². The number of rotatable bonds is 8. The molecular formula is C17H17N7O5. The lowest BCUT2D eigenvalue weighted by atomic mass is 10.2. The van der Waals surface area contributed by atoms with E-state index in [9.17, 15) is 19.7 Å². The topological polar surface area (TPSA) is 158 Å². The quantitative estimate of drug-likeness (QED) is 0.318. The molecule has 0 atom stereocenters. The number of aryl methyl sites for hydroxylation is 1. The summed E-state index contributed by atoms with van der Waals surface area (Å²) in [4.78, 5) is 38.1. The minimum absolute atomic E-state index is 0.0174. The predicted octanol–water partition coefficient (Wildman–Crippen LogP) is 0.691. The number of benzene rings is 1. The number of nitro groups is 1. The number of hydrogen-bond donors (Lipinski definition) is 2. The molecule has 0 fully saturated rings. The molecular weight excluding hydrogens is 382 g/mol. The maximum atomic E-state index is 12.1. The Morgan fingerprint density at radius 2 is 1.86 bits per heavy atom. The zero-order valence-corrected chi connectivity index (χ0v) is 15.4. The fraction of sp³-hybridized carbons (Fsp3) is 0.235. The summed E-state index contributed by atoms with van der Waals surface area (Å²) in [5.41, 5.74) is 1.07. The van der Waals surface area contributed by atoms with Crippen molar-refractivity contribution in [2.24, 2.45) is 0 Å². The van der Waals surface area contributed by atoms with Crippen molar-refractivity contribution in [1.29, 1.82) is 0 Å². The van der Waals surface area contributed by atoms with Crippen molar-refractivity contribution in [2.45, 2.75) is 13.5 Å². The first-order valence-corrected chi connectivity index (χ1v) is 8.57. The van der Waals surface area contributed by atoms with Crippen molar-refractivity contribution in [3.63, 3.8) is 0 Å². The lowest BCUT2D eigenvalue weighted by Crippen LogP contribution is -2.34. The number of amides is 2. The fourth-order valence-corrected chi connectivity index (χ4v) is 2.41. The Hall–Kier alpha value is -4.09. The highest BCUT2D eigenvalue weighted by molar-refractivity contribution is 5.94. The molecule has 0 aliphatic rings. The summed E-state index contributed by atoms with van der Waals surface area (Å²) in [5, 5.41) is 23.5. The maximum absolute atomic E-state index is 12.1. The summed E-state index contributed by atoms with van der Waals surface area (Å²) in [5.74, 6) is -1.24. The zero-order chi connectivity index (χ0) is 20.8. The van der Waals surface area contributed by atoms with Crippen molar-refractivity contribution in [2.75, 3.05) is 13.1 Å². The highest BCUT2D eigenvalue weighted by Gasteiger charge is 2.19. The van der Waals surface area contributed by atoms with Crippen LogP contribution in [0.3, 0.4) is 0 Å². The van der Waals surface area contributed by atoms with Gasteiger partial charge in [0, 0.05) is 18.7 Å². The number of nitrogens with one attached hydrogen (secondary N) is 2. The van der Waals surface area contributed by atoms with E-state index in [0.29, 0.717) is 11.3 Å². The molecule has 0 saturated carbocycles. The molecule has 29 heavy (non-hydrogen) atoms. The summed E-state index contributed by atoms with van der Waals surface area (Å²) < 4.78 is 6.24. The molecule has 0 aliphatic heterocycles. The third-order valence-corrected chi connectivity index (χ3v) is 3.84. The van der Waals surface area contributed by atoms with Crippen LogP contribution in [0, 0.1) is 17.0 Å². The molecule has 0 aliphatic carbocycles. The van der Waals surface area contributed by atoms with Gasteiger partial charge in [-0.1, -0.05) is 23.4 Å². The summed E-state index contributed by atoms with van der Waals surface area (Å²) in [6.07, 6.45) is 0. The van der Waals surface area contributed by atoms with Gasteiger partial charge in [-0.3, -0.25) is 9.59 Å². The average Bonchev–Trinajstić information content (AvgIpc) is 3.33. The van der Waals surface area contributed by atoms with E-state index >= 15 is 0 Å². The van der Waals surface area contributed by atoms with Gasteiger partial charge in [0.2, 0.25) is 0 Å². The van der Waals surface area contributed by atoms with Crippen molar-refractivity contribution >= 4 is 17.6 Å². The monoisotopic (exact) mass is 399 g/mol. The molecule has 12 nitrogen and oxygen atoms in total. The van der Waals surface area contributed by atoms with E-state index in [1.807, 2.05) is 6.07 Å². The standard InChI is InChI=1S/C17H17N7O5/c1-11-9-14(24(27)28)21-23(11)10-13-20-17(29-22-13)16(26)19-8-7-18-15(25)12-5-3-2-4-6-12/h2-6,9H,7-8,10H2,1H3,(H,18,25)(H,19,26).